The molecule has 126 valence electrons. The van der Waals surface area contributed by atoms with Gasteiger partial charge in [0.1, 0.15) is 0 Å². The summed E-state index contributed by atoms with van der Waals surface area (Å²) in [5.74, 6) is 3.91. The van der Waals surface area contributed by atoms with E-state index in [2.05, 4.69) is 24.8 Å². The molecule has 2 aliphatic carbocycles. The van der Waals surface area contributed by atoms with Crippen molar-refractivity contribution in [1.82, 2.24) is 0 Å². The summed E-state index contributed by atoms with van der Waals surface area (Å²) in [5.41, 5.74) is 0. The standard InChI is InChI=1S/C21H36O/c1-3-4-5-7-18-9-13-20(14-10-18)21-15-11-19(12-16-21)8-6-17-22-2/h3,6,8,18-21H,1,4-5,7,9-17H2,2H3/b8-6+/t18-,19?,20-,21?. The predicted molar refractivity (Wildman–Crippen MR) is 96.0 cm³/mol. The van der Waals surface area contributed by atoms with Crippen LogP contribution in [0.25, 0.3) is 0 Å². The van der Waals surface area contributed by atoms with Crippen LogP contribution in [0.1, 0.15) is 70.6 Å². The minimum Gasteiger partial charge on any atom is -0.381 e. The van der Waals surface area contributed by atoms with Crippen LogP contribution >= 0.6 is 0 Å². The molecule has 2 rings (SSSR count). The number of unbranched alkanes of at least 4 members (excludes halogenated alkanes) is 1. The molecule has 0 aromatic carbocycles. The summed E-state index contributed by atoms with van der Waals surface area (Å²) in [5, 5.41) is 0. The molecule has 0 unspecified atom stereocenters. The Bertz CT molecular complexity index is 317. The van der Waals surface area contributed by atoms with E-state index in [1.54, 1.807) is 7.11 Å². The van der Waals surface area contributed by atoms with Crippen LogP contribution in [0.15, 0.2) is 24.8 Å². The van der Waals surface area contributed by atoms with Gasteiger partial charge in [0.15, 0.2) is 0 Å². The van der Waals surface area contributed by atoms with Crippen LogP contribution in [-0.4, -0.2) is 13.7 Å². The molecule has 0 radical (unpaired) electrons. The molecule has 0 saturated heterocycles. The molecule has 0 amide bonds. The number of ether oxygens (including phenoxy) is 1. The lowest BCUT2D eigenvalue weighted by atomic mass is 9.68. The molecule has 2 fully saturated rings. The normalized spacial score (nSPS) is 33.1. The smallest absolute Gasteiger partial charge is 0.0643 e. The largest absolute Gasteiger partial charge is 0.381 e. The topological polar surface area (TPSA) is 9.23 Å². The Morgan fingerprint density at radius 1 is 0.955 bits per heavy atom. The number of methoxy groups -OCH3 is 1. The number of allylic oxidation sites excluding steroid dienone is 2. The molecule has 0 bridgehead atoms. The first-order chi connectivity index (χ1) is 10.8. The molecule has 0 spiro atoms. The first-order valence-corrected chi connectivity index (χ1v) is 9.60. The highest BCUT2D eigenvalue weighted by Gasteiger charge is 2.30. The van der Waals surface area contributed by atoms with E-state index >= 15 is 0 Å². The lowest BCUT2D eigenvalue weighted by Gasteiger charge is -2.37. The summed E-state index contributed by atoms with van der Waals surface area (Å²) in [4.78, 5) is 0. The molecule has 2 aliphatic rings. The molecule has 1 nitrogen and oxygen atoms in total. The second-order valence-corrected chi connectivity index (χ2v) is 7.56. The van der Waals surface area contributed by atoms with Gasteiger partial charge in [0.2, 0.25) is 0 Å². The number of hydrogen-bond donors (Lipinski definition) is 0. The van der Waals surface area contributed by atoms with E-state index in [9.17, 15) is 0 Å². The van der Waals surface area contributed by atoms with Gasteiger partial charge in [-0.15, -0.1) is 6.58 Å². The van der Waals surface area contributed by atoms with Gasteiger partial charge < -0.3 is 4.74 Å². The van der Waals surface area contributed by atoms with E-state index in [1.165, 1.54) is 70.6 Å². The van der Waals surface area contributed by atoms with Gasteiger partial charge in [-0.3, -0.25) is 0 Å². The SMILES string of the molecule is C=CCCC[C@H]1CC[C@H](C2CCC(/C=C/COC)CC2)CC1. The average Bonchev–Trinajstić information content (AvgIpc) is 2.57. The highest BCUT2D eigenvalue weighted by molar-refractivity contribution is 4.92. The number of hydrogen-bond acceptors (Lipinski definition) is 1. The molecular weight excluding hydrogens is 268 g/mol. The summed E-state index contributed by atoms with van der Waals surface area (Å²) in [6.07, 6.45) is 22.4. The van der Waals surface area contributed by atoms with Crippen LogP contribution in [0.2, 0.25) is 0 Å². The first kappa shape index (κ1) is 17.8. The van der Waals surface area contributed by atoms with Crippen LogP contribution in [0.3, 0.4) is 0 Å². The van der Waals surface area contributed by atoms with Crippen LogP contribution < -0.4 is 0 Å². The fourth-order valence-corrected chi connectivity index (χ4v) is 4.65. The molecule has 0 atom stereocenters. The van der Waals surface area contributed by atoms with Crippen molar-refractivity contribution in [3.8, 4) is 0 Å². The Hall–Kier alpha value is -0.560. The van der Waals surface area contributed by atoms with Crippen LogP contribution in [0.4, 0.5) is 0 Å². The highest BCUT2D eigenvalue weighted by atomic mass is 16.5. The predicted octanol–water partition coefficient (Wildman–Crippen LogP) is 6.16. The molecule has 0 N–H and O–H groups in total. The van der Waals surface area contributed by atoms with Crippen LogP contribution in [-0.2, 0) is 4.74 Å². The van der Waals surface area contributed by atoms with Crippen molar-refractivity contribution in [1.29, 1.82) is 0 Å². The second-order valence-electron chi connectivity index (χ2n) is 7.56. The maximum Gasteiger partial charge on any atom is 0.0643 e. The highest BCUT2D eigenvalue weighted by Crippen LogP contribution is 2.42. The summed E-state index contributed by atoms with van der Waals surface area (Å²) in [6, 6.07) is 0. The third kappa shape index (κ3) is 5.91. The third-order valence-electron chi connectivity index (χ3n) is 6.07. The minimum atomic E-state index is 0.774. The molecule has 0 aromatic heterocycles. The van der Waals surface area contributed by atoms with Gasteiger partial charge >= 0.3 is 0 Å². The van der Waals surface area contributed by atoms with E-state index in [0.717, 1.165) is 30.3 Å². The molecule has 0 aromatic rings. The van der Waals surface area contributed by atoms with E-state index in [4.69, 9.17) is 4.74 Å². The van der Waals surface area contributed by atoms with Gasteiger partial charge in [-0.1, -0.05) is 37.5 Å². The van der Waals surface area contributed by atoms with E-state index in [1.807, 2.05) is 0 Å². The first-order valence-electron chi connectivity index (χ1n) is 9.60. The molecule has 1 heteroatoms. The number of rotatable bonds is 8. The minimum absolute atomic E-state index is 0.774. The quantitative estimate of drug-likeness (QED) is 0.385. The zero-order valence-electron chi connectivity index (χ0n) is 14.6. The molecule has 0 aliphatic heterocycles. The Morgan fingerprint density at radius 3 is 2.18 bits per heavy atom. The monoisotopic (exact) mass is 304 g/mol. The molecular formula is C21H36O. The molecule has 2 saturated carbocycles. The van der Waals surface area contributed by atoms with Crippen LogP contribution in [0, 0.1) is 23.7 Å². The lowest BCUT2D eigenvalue weighted by molar-refractivity contribution is 0.151. The van der Waals surface area contributed by atoms with Gasteiger partial charge in [0.05, 0.1) is 6.61 Å². The van der Waals surface area contributed by atoms with Gasteiger partial charge in [-0.2, -0.15) is 0 Å². The van der Waals surface area contributed by atoms with Gasteiger partial charge in [0.25, 0.3) is 0 Å². The molecule has 22 heavy (non-hydrogen) atoms. The van der Waals surface area contributed by atoms with E-state index in [-0.39, 0.29) is 0 Å². The summed E-state index contributed by atoms with van der Waals surface area (Å²) in [6.45, 7) is 4.61. The second kappa shape index (κ2) is 10.3. The van der Waals surface area contributed by atoms with Crippen molar-refractivity contribution < 1.29 is 4.74 Å². The van der Waals surface area contributed by atoms with Gasteiger partial charge in [0, 0.05) is 7.11 Å². The van der Waals surface area contributed by atoms with Crippen molar-refractivity contribution in [2.24, 2.45) is 23.7 Å². The summed E-state index contributed by atoms with van der Waals surface area (Å²) < 4.78 is 5.10. The van der Waals surface area contributed by atoms with Crippen molar-refractivity contribution >= 4 is 0 Å². The van der Waals surface area contributed by atoms with Crippen molar-refractivity contribution in [2.75, 3.05) is 13.7 Å². The Labute approximate surface area is 138 Å². The maximum absolute atomic E-state index is 5.10. The molecule has 0 heterocycles. The fourth-order valence-electron chi connectivity index (χ4n) is 4.65. The fraction of sp³-hybridized carbons (Fsp3) is 0.810. The average molecular weight is 305 g/mol. The zero-order chi connectivity index (χ0) is 15.6. The Kier molecular flexibility index (Phi) is 8.30. The van der Waals surface area contributed by atoms with Crippen molar-refractivity contribution in [3.05, 3.63) is 24.8 Å². The Morgan fingerprint density at radius 2 is 1.59 bits per heavy atom. The van der Waals surface area contributed by atoms with Crippen LogP contribution in [0.5, 0.6) is 0 Å². The lowest BCUT2D eigenvalue weighted by Crippen LogP contribution is -2.25. The van der Waals surface area contributed by atoms with E-state index in [0.29, 0.717) is 0 Å². The summed E-state index contributed by atoms with van der Waals surface area (Å²) in [7, 11) is 1.77. The third-order valence-corrected chi connectivity index (χ3v) is 6.07. The Balaban J connectivity index is 1.63. The van der Waals surface area contributed by atoms with Gasteiger partial charge in [-0.25, -0.2) is 0 Å². The van der Waals surface area contributed by atoms with E-state index < -0.39 is 0 Å². The summed E-state index contributed by atoms with van der Waals surface area (Å²) >= 11 is 0. The maximum atomic E-state index is 5.10. The van der Waals surface area contributed by atoms with Crippen molar-refractivity contribution in [2.45, 2.75) is 70.6 Å². The van der Waals surface area contributed by atoms with Gasteiger partial charge in [-0.05, 0) is 75.0 Å². The van der Waals surface area contributed by atoms with Crippen molar-refractivity contribution in [3.63, 3.8) is 0 Å². The zero-order valence-corrected chi connectivity index (χ0v) is 14.6.